The van der Waals surface area contributed by atoms with E-state index < -0.39 is 5.60 Å². The van der Waals surface area contributed by atoms with Crippen LogP contribution >= 0.6 is 0 Å². The number of rotatable bonds is 10. The molecule has 0 amide bonds. The van der Waals surface area contributed by atoms with Crippen LogP contribution in [0, 0.1) is 0 Å². The van der Waals surface area contributed by atoms with E-state index in [2.05, 4.69) is 0 Å². The first-order valence-electron chi connectivity index (χ1n) is 10.5. The molecule has 3 aromatic carbocycles. The van der Waals surface area contributed by atoms with Gasteiger partial charge in [-0.25, -0.2) is 0 Å². The monoisotopic (exact) mass is 406 g/mol. The van der Waals surface area contributed by atoms with E-state index in [4.69, 9.17) is 14.2 Å². The highest BCUT2D eigenvalue weighted by molar-refractivity contribution is 5.43. The van der Waals surface area contributed by atoms with Crippen LogP contribution < -0.4 is 14.2 Å². The Morgan fingerprint density at radius 3 is 1.23 bits per heavy atom. The third-order valence-electron chi connectivity index (χ3n) is 4.98. The van der Waals surface area contributed by atoms with Crippen LogP contribution in [0.5, 0.6) is 17.2 Å². The summed E-state index contributed by atoms with van der Waals surface area (Å²) in [5.41, 5.74) is 1.44. The number of hydrogen-bond acceptors (Lipinski definition) is 4. The standard InChI is InChI=1S/C26H30O4/c1-4-28-23-13-7-20(8-14-23)19-26(27,21-9-15-24(16-10-21)29-5-2)22-11-17-25(18-12-22)30-6-3/h7-18,27H,4-6,19H2,1-3H3. The van der Waals surface area contributed by atoms with Crippen LogP contribution in [0.1, 0.15) is 37.5 Å². The Morgan fingerprint density at radius 1 is 0.567 bits per heavy atom. The Morgan fingerprint density at radius 2 is 0.900 bits per heavy atom. The van der Waals surface area contributed by atoms with Crippen LogP contribution in [0.25, 0.3) is 0 Å². The molecule has 30 heavy (non-hydrogen) atoms. The molecule has 3 aromatic rings. The summed E-state index contributed by atoms with van der Waals surface area (Å²) >= 11 is 0. The molecule has 0 atom stereocenters. The summed E-state index contributed by atoms with van der Waals surface area (Å²) in [4.78, 5) is 0. The Kier molecular flexibility index (Phi) is 7.36. The minimum absolute atomic E-state index is 0.432. The third-order valence-corrected chi connectivity index (χ3v) is 4.98. The molecular weight excluding hydrogens is 376 g/mol. The van der Waals surface area contributed by atoms with Crippen LogP contribution in [0.2, 0.25) is 0 Å². The van der Waals surface area contributed by atoms with Crippen molar-refractivity contribution in [2.75, 3.05) is 19.8 Å². The fraction of sp³-hybridized carbons (Fsp3) is 0.308. The molecule has 1 N–H and O–H groups in total. The first kappa shape index (κ1) is 21.7. The zero-order chi connectivity index (χ0) is 21.4. The summed E-state index contributed by atoms with van der Waals surface area (Å²) in [6, 6.07) is 23.2. The number of aliphatic hydroxyl groups is 1. The van der Waals surface area contributed by atoms with E-state index in [0.717, 1.165) is 33.9 Å². The van der Waals surface area contributed by atoms with E-state index >= 15 is 0 Å². The highest BCUT2D eigenvalue weighted by Gasteiger charge is 2.32. The van der Waals surface area contributed by atoms with Gasteiger partial charge < -0.3 is 19.3 Å². The summed E-state index contributed by atoms with van der Waals surface area (Å²) in [7, 11) is 0. The Bertz CT molecular complexity index is 850. The molecule has 158 valence electrons. The summed E-state index contributed by atoms with van der Waals surface area (Å²) in [5.74, 6) is 2.40. The van der Waals surface area contributed by atoms with Crippen LogP contribution in [-0.4, -0.2) is 24.9 Å². The third kappa shape index (κ3) is 5.14. The van der Waals surface area contributed by atoms with E-state index in [1.165, 1.54) is 0 Å². The Labute approximate surface area is 179 Å². The molecule has 0 spiro atoms. The van der Waals surface area contributed by atoms with Crippen LogP contribution in [0.4, 0.5) is 0 Å². The lowest BCUT2D eigenvalue weighted by molar-refractivity contribution is 0.0810. The van der Waals surface area contributed by atoms with Crippen LogP contribution in [-0.2, 0) is 12.0 Å². The normalized spacial score (nSPS) is 11.2. The van der Waals surface area contributed by atoms with Gasteiger partial charge in [0.05, 0.1) is 19.8 Å². The Hall–Kier alpha value is -2.98. The van der Waals surface area contributed by atoms with Crippen molar-refractivity contribution in [3.63, 3.8) is 0 Å². The molecule has 0 aliphatic heterocycles. The fourth-order valence-electron chi connectivity index (χ4n) is 3.52. The molecule has 4 heteroatoms. The maximum atomic E-state index is 11.9. The molecule has 0 radical (unpaired) electrons. The lowest BCUT2D eigenvalue weighted by Crippen LogP contribution is -2.30. The number of benzene rings is 3. The van der Waals surface area contributed by atoms with E-state index in [-0.39, 0.29) is 0 Å². The second kappa shape index (κ2) is 10.2. The molecule has 0 saturated carbocycles. The van der Waals surface area contributed by atoms with Gasteiger partial charge in [-0.3, -0.25) is 0 Å². The zero-order valence-electron chi connectivity index (χ0n) is 17.9. The highest BCUT2D eigenvalue weighted by Crippen LogP contribution is 2.35. The van der Waals surface area contributed by atoms with Crippen LogP contribution in [0.15, 0.2) is 72.8 Å². The average molecular weight is 407 g/mol. The van der Waals surface area contributed by atoms with Gasteiger partial charge in [-0.05, 0) is 73.9 Å². The smallest absolute Gasteiger partial charge is 0.119 e. The topological polar surface area (TPSA) is 47.9 Å². The summed E-state index contributed by atoms with van der Waals surface area (Å²) in [6.45, 7) is 7.71. The molecule has 0 fully saturated rings. The van der Waals surface area contributed by atoms with Crippen molar-refractivity contribution in [1.29, 1.82) is 0 Å². The molecule has 0 aliphatic carbocycles. The molecule has 0 aliphatic rings. The van der Waals surface area contributed by atoms with Gasteiger partial charge >= 0.3 is 0 Å². The lowest BCUT2D eigenvalue weighted by Gasteiger charge is -2.30. The fourth-order valence-corrected chi connectivity index (χ4v) is 3.52. The molecule has 0 aromatic heterocycles. The molecule has 4 nitrogen and oxygen atoms in total. The van der Waals surface area contributed by atoms with Gasteiger partial charge in [0.15, 0.2) is 0 Å². The first-order chi connectivity index (χ1) is 14.6. The maximum Gasteiger partial charge on any atom is 0.119 e. The van der Waals surface area contributed by atoms with Gasteiger partial charge in [0.1, 0.15) is 22.8 Å². The predicted octanol–water partition coefficient (Wildman–Crippen LogP) is 5.36. The summed E-state index contributed by atoms with van der Waals surface area (Å²) < 4.78 is 16.7. The summed E-state index contributed by atoms with van der Waals surface area (Å²) in [6.07, 6.45) is 0.432. The quantitative estimate of drug-likeness (QED) is 0.492. The second-order valence-corrected chi connectivity index (χ2v) is 7.03. The zero-order valence-corrected chi connectivity index (χ0v) is 17.9. The van der Waals surface area contributed by atoms with Crippen molar-refractivity contribution in [2.24, 2.45) is 0 Å². The minimum Gasteiger partial charge on any atom is -0.494 e. The minimum atomic E-state index is -1.19. The number of ether oxygens (including phenoxy) is 3. The second-order valence-electron chi connectivity index (χ2n) is 7.03. The molecule has 0 heterocycles. The SMILES string of the molecule is CCOc1ccc(CC(O)(c2ccc(OCC)cc2)c2ccc(OCC)cc2)cc1. The van der Waals surface area contributed by atoms with Crippen LogP contribution in [0.3, 0.4) is 0 Å². The van der Waals surface area contributed by atoms with Gasteiger partial charge in [0.2, 0.25) is 0 Å². The van der Waals surface area contributed by atoms with Crippen molar-refractivity contribution < 1.29 is 19.3 Å². The molecule has 0 saturated heterocycles. The predicted molar refractivity (Wildman–Crippen MR) is 120 cm³/mol. The maximum absolute atomic E-state index is 11.9. The highest BCUT2D eigenvalue weighted by atomic mass is 16.5. The lowest BCUT2D eigenvalue weighted by atomic mass is 9.81. The van der Waals surface area contributed by atoms with Gasteiger partial charge in [-0.15, -0.1) is 0 Å². The first-order valence-corrected chi connectivity index (χ1v) is 10.5. The van der Waals surface area contributed by atoms with E-state index in [1.807, 2.05) is 93.6 Å². The van der Waals surface area contributed by atoms with Gasteiger partial charge in [0, 0.05) is 6.42 Å². The molecule has 3 rings (SSSR count). The van der Waals surface area contributed by atoms with Crippen molar-refractivity contribution in [1.82, 2.24) is 0 Å². The molecule has 0 unspecified atom stereocenters. The van der Waals surface area contributed by atoms with Crippen molar-refractivity contribution in [3.05, 3.63) is 89.5 Å². The van der Waals surface area contributed by atoms with E-state index in [0.29, 0.717) is 26.2 Å². The van der Waals surface area contributed by atoms with Gasteiger partial charge in [-0.1, -0.05) is 36.4 Å². The average Bonchev–Trinajstić information content (AvgIpc) is 2.77. The van der Waals surface area contributed by atoms with E-state index in [9.17, 15) is 5.11 Å². The van der Waals surface area contributed by atoms with Crippen molar-refractivity contribution >= 4 is 0 Å². The van der Waals surface area contributed by atoms with Crippen molar-refractivity contribution in [3.8, 4) is 17.2 Å². The summed E-state index contributed by atoms with van der Waals surface area (Å²) in [5, 5.41) is 11.9. The van der Waals surface area contributed by atoms with Gasteiger partial charge in [0.25, 0.3) is 0 Å². The molecule has 0 bridgehead atoms. The van der Waals surface area contributed by atoms with Gasteiger partial charge in [-0.2, -0.15) is 0 Å². The van der Waals surface area contributed by atoms with E-state index in [1.54, 1.807) is 0 Å². The largest absolute Gasteiger partial charge is 0.494 e. The van der Waals surface area contributed by atoms with Crippen molar-refractivity contribution in [2.45, 2.75) is 32.8 Å². The molecular formula is C26H30O4. The Balaban J connectivity index is 1.96. The number of hydrogen-bond donors (Lipinski definition) is 1.